The van der Waals surface area contributed by atoms with Crippen LogP contribution in [0.2, 0.25) is 5.02 Å². The summed E-state index contributed by atoms with van der Waals surface area (Å²) in [5.41, 5.74) is 8.09. The van der Waals surface area contributed by atoms with Gasteiger partial charge in [-0.3, -0.25) is 9.59 Å². The van der Waals surface area contributed by atoms with Gasteiger partial charge in [-0.25, -0.2) is 18.4 Å². The molecule has 0 radical (unpaired) electrons. The lowest BCUT2D eigenvalue weighted by Gasteiger charge is -2.22. The van der Waals surface area contributed by atoms with Crippen molar-refractivity contribution in [3.63, 3.8) is 0 Å². The number of likely N-dealkylation sites (tertiary alicyclic amines) is 1. The molecular weight excluding hydrogens is 516 g/mol. The number of hydrogen-bond acceptors (Lipinski definition) is 5. The first-order valence-electron chi connectivity index (χ1n) is 12.2. The molecule has 2 atom stereocenters. The number of alkyl halides is 2. The molecule has 198 valence electrons. The number of halogens is 3. The monoisotopic (exact) mass is 541 g/mol. The van der Waals surface area contributed by atoms with Crippen molar-refractivity contribution < 1.29 is 18.4 Å². The van der Waals surface area contributed by atoms with Gasteiger partial charge in [0.15, 0.2) is 5.69 Å². The SMILES string of the molecule is C=CC(=O)N1C[C@@H](Cn2nc(C#Cc3cc4ncn(C5CC5)c4cc3Cl)c(C(N)=O)c2NC)CC1C(F)F. The van der Waals surface area contributed by atoms with Crippen LogP contribution in [0.5, 0.6) is 0 Å². The summed E-state index contributed by atoms with van der Waals surface area (Å²) in [5, 5.41) is 7.84. The third kappa shape index (κ3) is 4.72. The number of primary amides is 1. The number of amides is 2. The molecule has 1 aliphatic heterocycles. The van der Waals surface area contributed by atoms with Crippen LogP contribution in [0.15, 0.2) is 31.1 Å². The molecule has 1 aliphatic carbocycles. The van der Waals surface area contributed by atoms with Crippen LogP contribution in [0.3, 0.4) is 0 Å². The van der Waals surface area contributed by atoms with Crippen molar-refractivity contribution in [1.29, 1.82) is 0 Å². The van der Waals surface area contributed by atoms with Crippen LogP contribution < -0.4 is 11.1 Å². The van der Waals surface area contributed by atoms with E-state index in [4.69, 9.17) is 17.3 Å². The van der Waals surface area contributed by atoms with E-state index >= 15 is 0 Å². The predicted molar refractivity (Wildman–Crippen MR) is 139 cm³/mol. The van der Waals surface area contributed by atoms with Crippen LogP contribution in [0, 0.1) is 17.8 Å². The maximum absolute atomic E-state index is 13.6. The molecule has 2 aromatic heterocycles. The number of rotatable bonds is 7. The maximum Gasteiger partial charge on any atom is 0.258 e. The number of carbonyl (C=O) groups excluding carboxylic acids is 2. The smallest absolute Gasteiger partial charge is 0.258 e. The Bertz CT molecular complexity index is 1500. The Hall–Kier alpha value is -3.91. The van der Waals surface area contributed by atoms with Gasteiger partial charge in [0.1, 0.15) is 11.4 Å². The molecule has 1 saturated heterocycles. The van der Waals surface area contributed by atoms with E-state index in [0.29, 0.717) is 22.4 Å². The number of aromatic nitrogens is 4. The van der Waals surface area contributed by atoms with Crippen LogP contribution in [0.25, 0.3) is 11.0 Å². The zero-order valence-electron chi connectivity index (χ0n) is 20.6. The molecule has 3 heterocycles. The zero-order valence-corrected chi connectivity index (χ0v) is 21.4. The fourth-order valence-corrected chi connectivity index (χ4v) is 5.23. The summed E-state index contributed by atoms with van der Waals surface area (Å²) in [5.74, 6) is 4.57. The first kappa shape index (κ1) is 25.7. The summed E-state index contributed by atoms with van der Waals surface area (Å²) in [6.45, 7) is 3.69. The van der Waals surface area contributed by atoms with Crippen molar-refractivity contribution in [1.82, 2.24) is 24.2 Å². The van der Waals surface area contributed by atoms with Crippen molar-refractivity contribution >= 4 is 40.3 Å². The molecule has 1 aromatic carbocycles. The van der Waals surface area contributed by atoms with Gasteiger partial charge in [-0.05, 0) is 49.3 Å². The molecule has 2 fully saturated rings. The minimum absolute atomic E-state index is 0.0797. The summed E-state index contributed by atoms with van der Waals surface area (Å²) in [6.07, 6.45) is 2.45. The third-order valence-corrected chi connectivity index (χ3v) is 7.28. The van der Waals surface area contributed by atoms with Gasteiger partial charge < -0.3 is 20.5 Å². The lowest BCUT2D eigenvalue weighted by Crippen LogP contribution is -2.38. The highest BCUT2D eigenvalue weighted by molar-refractivity contribution is 6.32. The topological polar surface area (TPSA) is 111 Å². The number of nitrogens with zero attached hydrogens (tertiary/aromatic N) is 5. The van der Waals surface area contributed by atoms with Crippen molar-refractivity contribution in [2.75, 3.05) is 18.9 Å². The highest BCUT2D eigenvalue weighted by Crippen LogP contribution is 2.38. The lowest BCUT2D eigenvalue weighted by molar-refractivity contribution is -0.129. The standard InChI is InChI=1S/C26H26ClF2N7O2/c1-3-22(37)34-11-14(8-21(34)24(28)29)12-36-26(31-2)23(25(30)38)18(33-36)7-4-15-9-19-20(10-17(15)27)35(13-32-19)16-5-6-16/h3,9-10,13-14,16,21,24,31H,1,5-6,8,11-12H2,2H3,(H2,30,38)/t14-,21?/m0/s1. The average molecular weight is 542 g/mol. The fraction of sp³-hybridized carbons (Fsp3) is 0.385. The Balaban J connectivity index is 1.46. The second kappa shape index (κ2) is 10.1. The molecule has 2 amide bonds. The Kier molecular flexibility index (Phi) is 6.84. The molecule has 3 N–H and O–H groups in total. The molecule has 12 heteroatoms. The average Bonchev–Trinajstić information content (AvgIpc) is 3.35. The molecule has 1 saturated carbocycles. The quantitative estimate of drug-likeness (QED) is 0.352. The maximum atomic E-state index is 13.6. The van der Waals surface area contributed by atoms with Crippen molar-refractivity contribution in [2.45, 2.75) is 44.3 Å². The first-order valence-corrected chi connectivity index (χ1v) is 12.6. The minimum atomic E-state index is -2.69. The molecule has 0 bridgehead atoms. The second-order valence-electron chi connectivity index (χ2n) is 9.52. The summed E-state index contributed by atoms with van der Waals surface area (Å²) in [4.78, 5) is 30.1. The number of anilines is 1. The molecule has 2 aliphatic rings. The molecule has 1 unspecified atom stereocenters. The van der Waals surface area contributed by atoms with Crippen molar-refractivity contribution in [2.24, 2.45) is 11.7 Å². The van der Waals surface area contributed by atoms with E-state index in [0.717, 1.165) is 34.9 Å². The van der Waals surface area contributed by atoms with Crippen molar-refractivity contribution in [3.8, 4) is 11.8 Å². The molecule has 3 aromatic rings. The highest BCUT2D eigenvalue weighted by atomic mass is 35.5. The number of carbonyl (C=O) groups is 2. The van der Waals surface area contributed by atoms with Crippen molar-refractivity contribution in [3.05, 3.63) is 53.0 Å². The summed E-state index contributed by atoms with van der Waals surface area (Å²) >= 11 is 6.52. The Morgan fingerprint density at radius 1 is 1.34 bits per heavy atom. The van der Waals surface area contributed by atoms with Crippen LogP contribution in [0.4, 0.5) is 14.6 Å². The van der Waals surface area contributed by atoms with Gasteiger partial charge >= 0.3 is 0 Å². The molecule has 38 heavy (non-hydrogen) atoms. The normalized spacial score (nSPS) is 19.0. The molecule has 5 rings (SSSR count). The van der Waals surface area contributed by atoms with E-state index in [1.165, 1.54) is 4.68 Å². The van der Waals surface area contributed by atoms with Crippen LogP contribution >= 0.6 is 11.6 Å². The van der Waals surface area contributed by atoms with Crippen LogP contribution in [-0.2, 0) is 11.3 Å². The van der Waals surface area contributed by atoms with Gasteiger partial charge in [0.05, 0.1) is 28.4 Å². The highest BCUT2D eigenvalue weighted by Gasteiger charge is 2.40. The van der Waals surface area contributed by atoms with E-state index in [2.05, 4.69) is 38.4 Å². The minimum Gasteiger partial charge on any atom is -0.373 e. The summed E-state index contributed by atoms with van der Waals surface area (Å²) in [7, 11) is 1.60. The predicted octanol–water partition coefficient (Wildman–Crippen LogP) is 3.43. The van der Waals surface area contributed by atoms with Gasteiger partial charge in [-0.15, -0.1) is 0 Å². The Morgan fingerprint density at radius 2 is 2.11 bits per heavy atom. The number of imidazole rings is 1. The van der Waals surface area contributed by atoms with E-state index < -0.39 is 24.3 Å². The van der Waals surface area contributed by atoms with Gasteiger partial charge in [0, 0.05) is 31.7 Å². The second-order valence-corrected chi connectivity index (χ2v) is 9.93. The zero-order chi connectivity index (χ0) is 27.1. The van der Waals surface area contributed by atoms with Gasteiger partial charge in [-0.1, -0.05) is 24.1 Å². The first-order chi connectivity index (χ1) is 18.2. The number of hydrogen-bond donors (Lipinski definition) is 2. The number of benzene rings is 1. The Morgan fingerprint density at radius 3 is 2.74 bits per heavy atom. The van der Waals surface area contributed by atoms with Crippen LogP contribution in [-0.4, -0.2) is 62.1 Å². The number of nitrogens with two attached hydrogens (primary N) is 1. The summed E-state index contributed by atoms with van der Waals surface area (Å²) < 4.78 is 30.8. The van der Waals surface area contributed by atoms with Gasteiger partial charge in [0.25, 0.3) is 12.3 Å². The third-order valence-electron chi connectivity index (χ3n) is 6.96. The molecule has 9 nitrogen and oxygen atoms in total. The lowest BCUT2D eigenvalue weighted by atomic mass is 10.1. The largest absolute Gasteiger partial charge is 0.373 e. The fourth-order valence-electron chi connectivity index (χ4n) is 5.03. The van der Waals surface area contributed by atoms with E-state index in [1.54, 1.807) is 19.4 Å². The van der Waals surface area contributed by atoms with Gasteiger partial charge in [0.2, 0.25) is 5.91 Å². The number of fused-ring (bicyclic) bond motifs is 1. The van der Waals surface area contributed by atoms with E-state index in [9.17, 15) is 18.4 Å². The summed E-state index contributed by atoms with van der Waals surface area (Å²) in [6, 6.07) is 2.86. The van der Waals surface area contributed by atoms with E-state index in [-0.39, 0.29) is 36.7 Å². The van der Waals surface area contributed by atoms with Crippen LogP contribution in [0.1, 0.15) is 46.9 Å². The van der Waals surface area contributed by atoms with E-state index in [1.807, 2.05) is 6.07 Å². The van der Waals surface area contributed by atoms with Gasteiger partial charge in [-0.2, -0.15) is 5.10 Å². The Labute approximate surface area is 222 Å². The molecular formula is C26H26ClF2N7O2. The number of nitrogens with one attached hydrogen (secondary N) is 1. The molecule has 0 spiro atoms.